The number of hydrazone groups is 1. The van der Waals surface area contributed by atoms with Gasteiger partial charge in [-0.1, -0.05) is 59.6 Å². The topological polar surface area (TPSA) is 77.0 Å². The van der Waals surface area contributed by atoms with Crippen LogP contribution in [0.3, 0.4) is 0 Å². The van der Waals surface area contributed by atoms with Crippen LogP contribution in [0.25, 0.3) is 10.8 Å². The van der Waals surface area contributed by atoms with Crippen molar-refractivity contribution < 1.29 is 19.1 Å². The maximum absolute atomic E-state index is 12.7. The van der Waals surface area contributed by atoms with Crippen LogP contribution in [0.2, 0.25) is 10.0 Å². The van der Waals surface area contributed by atoms with Gasteiger partial charge in [-0.2, -0.15) is 5.10 Å². The quantitative estimate of drug-likeness (QED) is 0.138. The van der Waals surface area contributed by atoms with Gasteiger partial charge in [-0.25, -0.2) is 10.2 Å². The number of carbonyl (C=O) groups excluding carboxylic acids is 2. The van der Waals surface area contributed by atoms with Crippen molar-refractivity contribution in [3.63, 3.8) is 0 Å². The van der Waals surface area contributed by atoms with Crippen LogP contribution in [0.5, 0.6) is 11.5 Å². The minimum Gasteiger partial charge on any atom is -0.481 e. The van der Waals surface area contributed by atoms with Gasteiger partial charge in [0.05, 0.1) is 11.8 Å². The molecule has 0 aliphatic carbocycles. The van der Waals surface area contributed by atoms with Gasteiger partial charge < -0.3 is 9.47 Å². The zero-order valence-electron chi connectivity index (χ0n) is 18.6. The van der Waals surface area contributed by atoms with Crippen molar-refractivity contribution in [2.75, 3.05) is 0 Å². The molecule has 176 valence electrons. The number of fused-ring (bicyclic) bond motifs is 1. The largest absolute Gasteiger partial charge is 0.481 e. The van der Waals surface area contributed by atoms with Crippen LogP contribution in [0.15, 0.2) is 90.0 Å². The summed E-state index contributed by atoms with van der Waals surface area (Å²) in [4.78, 5) is 25.2. The number of hydrogen-bond acceptors (Lipinski definition) is 5. The molecule has 4 aromatic carbocycles. The number of benzene rings is 4. The van der Waals surface area contributed by atoms with Crippen molar-refractivity contribution in [3.05, 3.63) is 106 Å². The second-order valence-electron chi connectivity index (χ2n) is 7.55. The van der Waals surface area contributed by atoms with Gasteiger partial charge in [0.25, 0.3) is 5.91 Å². The Morgan fingerprint density at radius 2 is 1.69 bits per heavy atom. The Bertz CT molecular complexity index is 1400. The average Bonchev–Trinajstić information content (AvgIpc) is 2.85. The van der Waals surface area contributed by atoms with E-state index in [1.807, 2.05) is 30.3 Å². The fourth-order valence-corrected chi connectivity index (χ4v) is 3.60. The Morgan fingerprint density at radius 3 is 2.46 bits per heavy atom. The number of halogens is 2. The molecule has 4 aromatic rings. The van der Waals surface area contributed by atoms with E-state index in [-0.39, 0.29) is 0 Å². The Labute approximate surface area is 212 Å². The third-order valence-corrected chi connectivity index (χ3v) is 5.55. The Kier molecular flexibility index (Phi) is 7.65. The Morgan fingerprint density at radius 1 is 0.914 bits per heavy atom. The minimum atomic E-state index is -0.819. The molecule has 0 radical (unpaired) electrons. The van der Waals surface area contributed by atoms with E-state index in [1.54, 1.807) is 61.5 Å². The van der Waals surface area contributed by atoms with E-state index in [4.69, 9.17) is 32.7 Å². The predicted octanol–water partition coefficient (Wildman–Crippen LogP) is 6.28. The summed E-state index contributed by atoms with van der Waals surface area (Å²) in [6, 6.07) is 24.3. The molecule has 0 aliphatic heterocycles. The highest BCUT2D eigenvalue weighted by atomic mass is 35.5. The third kappa shape index (κ3) is 6.18. The van der Waals surface area contributed by atoms with Crippen LogP contribution in [-0.4, -0.2) is 24.2 Å². The first-order valence-electron chi connectivity index (χ1n) is 10.7. The summed E-state index contributed by atoms with van der Waals surface area (Å²) in [7, 11) is 0. The molecule has 1 atom stereocenters. The van der Waals surface area contributed by atoms with Crippen LogP contribution in [-0.2, 0) is 4.79 Å². The van der Waals surface area contributed by atoms with E-state index < -0.39 is 18.0 Å². The van der Waals surface area contributed by atoms with Gasteiger partial charge in [0.2, 0.25) is 0 Å². The number of nitrogens with zero attached hydrogens (tertiary/aromatic N) is 1. The van der Waals surface area contributed by atoms with Gasteiger partial charge >= 0.3 is 5.97 Å². The molecule has 0 heterocycles. The SMILES string of the molecule is C[C@@H](Oc1cccc(Cl)c1)C(=O)N/N=C\c1c(OC(=O)c2ccc(Cl)cc2)ccc2ccccc12. The molecule has 8 heteroatoms. The molecule has 0 unspecified atom stereocenters. The van der Waals surface area contributed by atoms with Crippen molar-refractivity contribution in [1.82, 2.24) is 5.43 Å². The number of hydrogen-bond donors (Lipinski definition) is 1. The van der Waals surface area contributed by atoms with Gasteiger partial charge in [0.15, 0.2) is 6.10 Å². The Balaban J connectivity index is 1.53. The predicted molar refractivity (Wildman–Crippen MR) is 138 cm³/mol. The molecule has 0 bridgehead atoms. The van der Waals surface area contributed by atoms with Crippen molar-refractivity contribution >= 4 is 52.1 Å². The fourth-order valence-electron chi connectivity index (χ4n) is 3.29. The van der Waals surface area contributed by atoms with E-state index in [2.05, 4.69) is 10.5 Å². The van der Waals surface area contributed by atoms with E-state index in [9.17, 15) is 9.59 Å². The summed E-state index contributed by atoms with van der Waals surface area (Å²) >= 11 is 11.9. The first kappa shape index (κ1) is 24.3. The Hall–Kier alpha value is -3.87. The smallest absolute Gasteiger partial charge is 0.343 e. The molecule has 1 amide bonds. The fraction of sp³-hybridized carbons (Fsp3) is 0.0741. The normalized spacial score (nSPS) is 11.9. The highest BCUT2D eigenvalue weighted by molar-refractivity contribution is 6.31. The molecular formula is C27H20Cl2N2O4. The van der Waals surface area contributed by atoms with Gasteiger partial charge in [0.1, 0.15) is 11.5 Å². The zero-order valence-corrected chi connectivity index (χ0v) is 20.1. The van der Waals surface area contributed by atoms with Crippen molar-refractivity contribution in [3.8, 4) is 11.5 Å². The number of ether oxygens (including phenoxy) is 2. The molecule has 0 aromatic heterocycles. The molecule has 1 N–H and O–H groups in total. The van der Waals surface area contributed by atoms with Crippen molar-refractivity contribution in [2.24, 2.45) is 5.10 Å². The van der Waals surface area contributed by atoms with E-state index in [0.717, 1.165) is 10.8 Å². The monoisotopic (exact) mass is 506 g/mol. The highest BCUT2D eigenvalue weighted by Gasteiger charge is 2.16. The molecule has 0 aliphatic rings. The lowest BCUT2D eigenvalue weighted by Crippen LogP contribution is -2.33. The van der Waals surface area contributed by atoms with Crippen molar-refractivity contribution in [1.29, 1.82) is 0 Å². The van der Waals surface area contributed by atoms with Crippen LogP contribution in [0, 0.1) is 0 Å². The maximum Gasteiger partial charge on any atom is 0.343 e. The molecule has 0 fully saturated rings. The number of carbonyl (C=O) groups is 2. The second-order valence-corrected chi connectivity index (χ2v) is 8.42. The van der Waals surface area contributed by atoms with Gasteiger partial charge in [-0.15, -0.1) is 0 Å². The van der Waals surface area contributed by atoms with Crippen LogP contribution in [0.1, 0.15) is 22.8 Å². The van der Waals surface area contributed by atoms with Crippen LogP contribution >= 0.6 is 23.2 Å². The van der Waals surface area contributed by atoms with E-state index in [1.165, 1.54) is 6.21 Å². The molecule has 0 spiro atoms. The summed E-state index contributed by atoms with van der Waals surface area (Å²) < 4.78 is 11.3. The first-order chi connectivity index (χ1) is 16.9. The summed E-state index contributed by atoms with van der Waals surface area (Å²) in [5, 5.41) is 6.83. The van der Waals surface area contributed by atoms with Gasteiger partial charge in [-0.3, -0.25) is 4.79 Å². The highest BCUT2D eigenvalue weighted by Crippen LogP contribution is 2.27. The summed E-state index contributed by atoms with van der Waals surface area (Å²) in [5.74, 6) is -0.236. The van der Waals surface area contributed by atoms with Crippen LogP contribution < -0.4 is 14.9 Å². The molecule has 4 rings (SSSR count). The molecular weight excluding hydrogens is 487 g/mol. The second kappa shape index (κ2) is 11.0. The first-order valence-corrected chi connectivity index (χ1v) is 11.4. The number of nitrogens with one attached hydrogen (secondary N) is 1. The number of amides is 1. The molecule has 0 saturated carbocycles. The lowest BCUT2D eigenvalue weighted by molar-refractivity contribution is -0.127. The summed E-state index contributed by atoms with van der Waals surface area (Å²) in [6.45, 7) is 1.60. The van der Waals surface area contributed by atoms with E-state index in [0.29, 0.717) is 32.7 Å². The zero-order chi connectivity index (χ0) is 24.8. The van der Waals surface area contributed by atoms with Gasteiger partial charge in [-0.05, 0) is 66.2 Å². The van der Waals surface area contributed by atoms with Crippen LogP contribution in [0.4, 0.5) is 0 Å². The standard InChI is InChI=1S/C27H20Cl2N2O4/c1-17(34-22-7-4-6-21(29)15-22)26(32)31-30-16-24-23-8-3-2-5-18(23)11-14-25(24)35-27(33)19-9-12-20(28)13-10-19/h2-17H,1H3,(H,31,32)/b30-16-/t17-/m1/s1. The lowest BCUT2D eigenvalue weighted by Gasteiger charge is -2.13. The summed E-state index contributed by atoms with van der Waals surface area (Å²) in [5.41, 5.74) is 3.36. The molecule has 35 heavy (non-hydrogen) atoms. The lowest BCUT2D eigenvalue weighted by atomic mass is 10.0. The number of rotatable bonds is 7. The summed E-state index contributed by atoms with van der Waals surface area (Å²) in [6.07, 6.45) is 0.622. The molecule has 0 saturated heterocycles. The van der Waals surface area contributed by atoms with E-state index >= 15 is 0 Å². The minimum absolute atomic E-state index is 0.296. The average molecular weight is 507 g/mol. The third-order valence-electron chi connectivity index (χ3n) is 5.06. The number of esters is 1. The molecule has 6 nitrogen and oxygen atoms in total. The van der Waals surface area contributed by atoms with Gasteiger partial charge in [0, 0.05) is 15.6 Å². The maximum atomic E-state index is 12.7. The van der Waals surface area contributed by atoms with Crippen molar-refractivity contribution in [2.45, 2.75) is 13.0 Å².